The van der Waals surface area contributed by atoms with E-state index in [-0.39, 0.29) is 4.90 Å². The fraction of sp³-hybridized carbons (Fsp3) is 0.562. The number of aromatic nitrogens is 3. The van der Waals surface area contributed by atoms with E-state index in [0.717, 1.165) is 19.3 Å². The number of aryl methyl sites for hydroxylation is 1. The maximum atomic E-state index is 12.6. The van der Waals surface area contributed by atoms with Crippen molar-refractivity contribution in [3.63, 3.8) is 0 Å². The number of piperazine rings is 1. The second kappa shape index (κ2) is 8.03. The third kappa shape index (κ3) is 4.42. The average Bonchev–Trinajstić information content (AvgIpc) is 3.08. The van der Waals surface area contributed by atoms with E-state index in [0.29, 0.717) is 44.4 Å². The molecule has 3 heterocycles. The molecule has 0 aromatic carbocycles. The lowest BCUT2D eigenvalue weighted by Gasteiger charge is -2.33. The molecule has 1 aliphatic heterocycles. The van der Waals surface area contributed by atoms with E-state index in [1.165, 1.54) is 10.5 Å². The number of sulfonamides is 1. The zero-order valence-corrected chi connectivity index (χ0v) is 15.2. The molecule has 0 amide bonds. The zero-order valence-electron chi connectivity index (χ0n) is 14.3. The van der Waals surface area contributed by atoms with Gasteiger partial charge in [-0.1, -0.05) is 18.5 Å². The smallest absolute Gasteiger partial charge is 0.244 e. The van der Waals surface area contributed by atoms with Gasteiger partial charge in [0, 0.05) is 45.0 Å². The molecule has 0 unspecified atom stereocenters. The summed E-state index contributed by atoms with van der Waals surface area (Å²) in [5, 5.41) is 4.01. The van der Waals surface area contributed by atoms with Crippen LogP contribution >= 0.6 is 0 Å². The van der Waals surface area contributed by atoms with Gasteiger partial charge < -0.3 is 4.52 Å². The third-order valence-electron chi connectivity index (χ3n) is 4.22. The highest BCUT2D eigenvalue weighted by molar-refractivity contribution is 7.89. The van der Waals surface area contributed by atoms with E-state index in [4.69, 9.17) is 4.52 Å². The van der Waals surface area contributed by atoms with Gasteiger partial charge in [0.1, 0.15) is 4.90 Å². The summed E-state index contributed by atoms with van der Waals surface area (Å²) in [4.78, 5) is 10.7. The number of hydrogen-bond donors (Lipinski definition) is 0. The van der Waals surface area contributed by atoms with Gasteiger partial charge >= 0.3 is 0 Å². The fourth-order valence-electron chi connectivity index (χ4n) is 2.76. The molecule has 0 N–H and O–H groups in total. The maximum absolute atomic E-state index is 12.6. The van der Waals surface area contributed by atoms with Crippen molar-refractivity contribution < 1.29 is 12.9 Å². The molecular weight excluding hydrogens is 342 g/mol. The number of unbranched alkanes of at least 4 members (excludes halogenated alkanes) is 1. The minimum atomic E-state index is -3.47. The van der Waals surface area contributed by atoms with E-state index in [2.05, 4.69) is 26.9 Å². The molecule has 1 aliphatic rings. The number of hydrogen-bond acceptors (Lipinski definition) is 7. The minimum absolute atomic E-state index is 0.238. The lowest BCUT2D eigenvalue weighted by molar-refractivity contribution is 0.176. The van der Waals surface area contributed by atoms with Crippen molar-refractivity contribution in [3.05, 3.63) is 36.2 Å². The highest BCUT2D eigenvalue weighted by Gasteiger charge is 2.29. The summed E-state index contributed by atoms with van der Waals surface area (Å²) in [6, 6.07) is 3.21. The minimum Gasteiger partial charge on any atom is -0.339 e. The monoisotopic (exact) mass is 365 g/mol. The van der Waals surface area contributed by atoms with Gasteiger partial charge in [0.05, 0.1) is 6.54 Å². The van der Waals surface area contributed by atoms with Gasteiger partial charge in [-0.2, -0.15) is 9.29 Å². The van der Waals surface area contributed by atoms with Crippen molar-refractivity contribution in [2.24, 2.45) is 0 Å². The van der Waals surface area contributed by atoms with Gasteiger partial charge in [-0.3, -0.25) is 9.88 Å². The normalized spacial score (nSPS) is 17.0. The second-order valence-corrected chi connectivity index (χ2v) is 8.01. The van der Waals surface area contributed by atoms with Crippen molar-refractivity contribution in [2.75, 3.05) is 26.2 Å². The summed E-state index contributed by atoms with van der Waals surface area (Å²) in [6.45, 7) is 4.86. The molecule has 0 radical (unpaired) electrons. The van der Waals surface area contributed by atoms with Gasteiger partial charge in [0.2, 0.25) is 15.9 Å². The van der Waals surface area contributed by atoms with Crippen molar-refractivity contribution in [3.8, 4) is 0 Å². The molecule has 2 aromatic heterocycles. The van der Waals surface area contributed by atoms with Crippen LogP contribution in [0.5, 0.6) is 0 Å². The van der Waals surface area contributed by atoms with E-state index in [1.807, 2.05) is 0 Å². The quantitative estimate of drug-likeness (QED) is 0.730. The van der Waals surface area contributed by atoms with Crippen LogP contribution in [-0.4, -0.2) is 58.9 Å². The Morgan fingerprint density at radius 1 is 1.24 bits per heavy atom. The predicted molar refractivity (Wildman–Crippen MR) is 91.2 cm³/mol. The molecule has 2 aromatic rings. The van der Waals surface area contributed by atoms with Crippen LogP contribution in [0.15, 0.2) is 33.9 Å². The molecule has 9 heteroatoms. The van der Waals surface area contributed by atoms with Crippen LogP contribution in [-0.2, 0) is 23.0 Å². The van der Waals surface area contributed by atoms with Crippen molar-refractivity contribution >= 4 is 10.0 Å². The van der Waals surface area contributed by atoms with Crippen molar-refractivity contribution in [1.29, 1.82) is 0 Å². The largest absolute Gasteiger partial charge is 0.339 e. The molecule has 0 saturated carbocycles. The molecule has 8 nitrogen and oxygen atoms in total. The molecule has 0 aliphatic carbocycles. The zero-order chi connectivity index (χ0) is 17.7. The molecule has 3 rings (SSSR count). The Hall–Kier alpha value is -1.84. The Morgan fingerprint density at radius 2 is 2.04 bits per heavy atom. The van der Waals surface area contributed by atoms with Gasteiger partial charge in [-0.15, -0.1) is 0 Å². The van der Waals surface area contributed by atoms with E-state index < -0.39 is 10.0 Å². The van der Waals surface area contributed by atoms with Gasteiger partial charge in [-0.25, -0.2) is 8.42 Å². The highest BCUT2D eigenvalue weighted by atomic mass is 32.2. The molecule has 136 valence electrons. The molecule has 0 bridgehead atoms. The maximum Gasteiger partial charge on any atom is 0.244 e. The van der Waals surface area contributed by atoms with Crippen LogP contribution in [0.2, 0.25) is 0 Å². The Balaban J connectivity index is 1.54. The number of pyridine rings is 1. The summed E-state index contributed by atoms with van der Waals surface area (Å²) in [5.74, 6) is 1.34. The third-order valence-corrected chi connectivity index (χ3v) is 6.11. The number of rotatable bonds is 7. The van der Waals surface area contributed by atoms with Crippen LogP contribution in [0.25, 0.3) is 0 Å². The van der Waals surface area contributed by atoms with Crippen LogP contribution in [0.3, 0.4) is 0 Å². The lowest BCUT2D eigenvalue weighted by Crippen LogP contribution is -2.48. The Morgan fingerprint density at radius 3 is 2.72 bits per heavy atom. The molecule has 25 heavy (non-hydrogen) atoms. The van der Waals surface area contributed by atoms with Crippen molar-refractivity contribution in [2.45, 2.75) is 37.6 Å². The summed E-state index contributed by atoms with van der Waals surface area (Å²) in [5.41, 5.74) is 0. The average molecular weight is 365 g/mol. The topological polar surface area (TPSA) is 92.4 Å². The summed E-state index contributed by atoms with van der Waals surface area (Å²) < 4.78 is 31.9. The Bertz CT molecular complexity index is 770. The first-order valence-electron chi connectivity index (χ1n) is 8.53. The Kier molecular flexibility index (Phi) is 5.77. The van der Waals surface area contributed by atoms with Crippen LogP contribution < -0.4 is 0 Å². The predicted octanol–water partition coefficient (Wildman–Crippen LogP) is 1.31. The van der Waals surface area contributed by atoms with Gasteiger partial charge in [-0.05, 0) is 18.6 Å². The van der Waals surface area contributed by atoms with Crippen molar-refractivity contribution in [1.82, 2.24) is 24.3 Å². The highest BCUT2D eigenvalue weighted by Crippen LogP contribution is 2.17. The molecule has 1 saturated heterocycles. The molecule has 0 spiro atoms. The van der Waals surface area contributed by atoms with Gasteiger partial charge in [0.15, 0.2) is 5.82 Å². The van der Waals surface area contributed by atoms with Crippen LogP contribution in [0.1, 0.15) is 31.5 Å². The fourth-order valence-corrected chi connectivity index (χ4v) is 4.15. The summed E-state index contributed by atoms with van der Waals surface area (Å²) >= 11 is 0. The van der Waals surface area contributed by atoms with E-state index >= 15 is 0 Å². The summed E-state index contributed by atoms with van der Waals surface area (Å²) in [6.07, 6.45) is 5.88. The lowest BCUT2D eigenvalue weighted by atomic mass is 10.2. The summed E-state index contributed by atoms with van der Waals surface area (Å²) in [7, 11) is -3.47. The molecule has 1 fully saturated rings. The van der Waals surface area contributed by atoms with E-state index in [9.17, 15) is 8.42 Å². The van der Waals surface area contributed by atoms with E-state index in [1.54, 1.807) is 18.3 Å². The second-order valence-electron chi connectivity index (χ2n) is 6.08. The van der Waals surface area contributed by atoms with Crippen LogP contribution in [0, 0.1) is 0 Å². The first kappa shape index (κ1) is 18.0. The molecular formula is C16H23N5O3S. The first-order valence-corrected chi connectivity index (χ1v) is 9.97. The molecule has 0 atom stereocenters. The van der Waals surface area contributed by atoms with Crippen LogP contribution in [0.4, 0.5) is 0 Å². The SMILES string of the molecule is CCCCc1nc(CN2CCN(S(=O)(=O)c3cccnc3)CC2)no1. The first-order chi connectivity index (χ1) is 12.1. The Labute approximate surface area is 147 Å². The number of nitrogens with zero attached hydrogens (tertiary/aromatic N) is 5. The standard InChI is InChI=1S/C16H23N5O3S/c1-2-3-6-16-18-15(19-24-16)13-20-8-10-21(11-9-20)25(22,23)14-5-4-7-17-12-14/h4-5,7,12H,2-3,6,8-11,13H2,1H3. The van der Waals surface area contributed by atoms with Gasteiger partial charge in [0.25, 0.3) is 0 Å².